The highest BCUT2D eigenvalue weighted by atomic mass is 35.5. The Hall–Kier alpha value is -3.96. The van der Waals surface area contributed by atoms with Crippen molar-refractivity contribution in [1.82, 2.24) is 0 Å². The molecule has 292 valence electrons. The summed E-state index contributed by atoms with van der Waals surface area (Å²) >= 11 is 7.06. The van der Waals surface area contributed by atoms with Gasteiger partial charge in [0.25, 0.3) is 0 Å². The van der Waals surface area contributed by atoms with E-state index in [1.54, 1.807) is 19.9 Å². The molecule has 55 heavy (non-hydrogen) atoms. The molecule has 0 amide bonds. The number of benzene rings is 3. The molecule has 2 bridgehead atoms. The fraction of sp³-hybridized carbons (Fsp3) is 0.523. The zero-order valence-corrected chi connectivity index (χ0v) is 33.3. The number of hydrogen-bond donors (Lipinski definition) is 4. The highest BCUT2D eigenvalue weighted by molar-refractivity contribution is 6.33. The SMILES string of the molecule is CC(C)=CCc1c(O)cc2c(c1C)OC(=O)c1c(C)c(Cl)c3c(c1O2)[C@H]1O[C@@H](O3)c2c(cc(O)c3c2O[C@]2(C3)[C@H](C)CC[C@H]3C(C)(C)[C@H](O)CC[C@@]32C)[C@@H]1O. The van der Waals surface area contributed by atoms with Gasteiger partial charge in [-0.1, -0.05) is 50.9 Å². The van der Waals surface area contributed by atoms with Gasteiger partial charge >= 0.3 is 5.97 Å². The topological polar surface area (TPSA) is 144 Å². The summed E-state index contributed by atoms with van der Waals surface area (Å²) < 4.78 is 32.9. The number of phenolic OH excluding ortho intramolecular Hbond substituents is 2. The number of allylic oxidation sites excluding steroid dienone is 2. The number of aliphatic hydroxyl groups is 2. The van der Waals surface area contributed by atoms with Crippen LogP contribution in [0.5, 0.6) is 40.2 Å². The molecule has 0 radical (unpaired) electrons. The lowest BCUT2D eigenvalue weighted by Crippen LogP contribution is -2.66. The number of phenols is 2. The highest BCUT2D eigenvalue weighted by Crippen LogP contribution is 2.69. The predicted octanol–water partition coefficient (Wildman–Crippen LogP) is 9.30. The van der Waals surface area contributed by atoms with Crippen LogP contribution in [0.15, 0.2) is 23.8 Å². The maximum absolute atomic E-state index is 14.0. The molecule has 8 atom stereocenters. The number of carbonyl (C=O) groups excluding carboxylic acids is 1. The molecule has 0 unspecified atom stereocenters. The van der Waals surface area contributed by atoms with Crippen molar-refractivity contribution < 1.29 is 48.9 Å². The first kappa shape index (κ1) is 36.7. The smallest absolute Gasteiger partial charge is 0.347 e. The summed E-state index contributed by atoms with van der Waals surface area (Å²) in [6.45, 7) is 16.2. The number of aliphatic hydroxyl groups excluding tert-OH is 2. The molecular formula is C44H49ClO10. The first-order chi connectivity index (χ1) is 25.9. The Kier molecular flexibility index (Phi) is 8.02. The molecule has 3 aromatic carbocycles. The molecule has 4 N–H and O–H groups in total. The molecule has 2 saturated carbocycles. The second-order valence-corrected chi connectivity index (χ2v) is 18.2. The van der Waals surface area contributed by atoms with Crippen LogP contribution in [0.1, 0.15) is 135 Å². The number of ether oxygens (including phenoxy) is 5. The van der Waals surface area contributed by atoms with Gasteiger partial charge < -0.3 is 44.1 Å². The molecule has 4 aliphatic heterocycles. The zero-order valence-electron chi connectivity index (χ0n) is 32.6. The van der Waals surface area contributed by atoms with Crippen molar-refractivity contribution in [2.24, 2.45) is 22.7 Å². The number of rotatable bonds is 2. The van der Waals surface area contributed by atoms with Gasteiger partial charge in [-0.3, -0.25) is 0 Å². The molecule has 9 rings (SSSR count). The largest absolute Gasteiger partial charge is 0.508 e. The Balaban J connectivity index is 1.15. The predicted molar refractivity (Wildman–Crippen MR) is 204 cm³/mol. The number of carbonyl (C=O) groups is 1. The van der Waals surface area contributed by atoms with Gasteiger partial charge in [0, 0.05) is 40.2 Å². The van der Waals surface area contributed by atoms with Crippen LogP contribution in [-0.2, 0) is 17.6 Å². The second-order valence-electron chi connectivity index (χ2n) is 17.8. The Labute approximate surface area is 326 Å². The normalized spacial score (nSPS) is 31.9. The van der Waals surface area contributed by atoms with Crippen molar-refractivity contribution in [3.63, 3.8) is 0 Å². The van der Waals surface area contributed by atoms with E-state index >= 15 is 0 Å². The molecular weight excluding hydrogens is 724 g/mol. The molecule has 2 aliphatic carbocycles. The van der Waals surface area contributed by atoms with Gasteiger partial charge in [-0.2, -0.15) is 0 Å². The first-order valence-electron chi connectivity index (χ1n) is 19.4. The lowest BCUT2D eigenvalue weighted by Gasteiger charge is -2.64. The lowest BCUT2D eigenvalue weighted by atomic mass is 9.43. The fourth-order valence-corrected chi connectivity index (χ4v) is 11.5. The molecule has 0 saturated heterocycles. The van der Waals surface area contributed by atoms with E-state index in [1.807, 2.05) is 19.9 Å². The third kappa shape index (κ3) is 4.80. The molecule has 3 aromatic rings. The summed E-state index contributed by atoms with van der Waals surface area (Å²) in [5.74, 6) is 0.558. The fourth-order valence-electron chi connectivity index (χ4n) is 11.2. The quantitative estimate of drug-likeness (QED) is 0.113. The minimum absolute atomic E-state index is 0.0160. The molecule has 1 spiro atoms. The van der Waals surface area contributed by atoms with Gasteiger partial charge in [-0.05, 0) is 88.7 Å². The van der Waals surface area contributed by atoms with Gasteiger partial charge in [0.1, 0.15) is 40.6 Å². The summed E-state index contributed by atoms with van der Waals surface area (Å²) in [5, 5.41) is 46.4. The van der Waals surface area contributed by atoms with Crippen molar-refractivity contribution in [2.75, 3.05) is 0 Å². The molecule has 2 fully saturated rings. The van der Waals surface area contributed by atoms with Gasteiger partial charge in [-0.25, -0.2) is 4.79 Å². The summed E-state index contributed by atoms with van der Waals surface area (Å²) in [6, 6.07) is 3.00. The average Bonchev–Trinajstić information content (AvgIpc) is 3.48. The number of fused-ring (bicyclic) bond motifs is 13. The summed E-state index contributed by atoms with van der Waals surface area (Å²) in [5.41, 5.74) is 3.03. The van der Waals surface area contributed by atoms with Crippen molar-refractivity contribution in [1.29, 1.82) is 0 Å². The van der Waals surface area contributed by atoms with Crippen LogP contribution in [0.2, 0.25) is 5.02 Å². The van der Waals surface area contributed by atoms with Gasteiger partial charge in [0.05, 0.1) is 22.3 Å². The van der Waals surface area contributed by atoms with Crippen molar-refractivity contribution in [3.8, 4) is 40.2 Å². The third-order valence-electron chi connectivity index (χ3n) is 14.4. The van der Waals surface area contributed by atoms with Crippen molar-refractivity contribution >= 4 is 17.6 Å². The maximum atomic E-state index is 14.0. The van der Waals surface area contributed by atoms with E-state index in [4.69, 9.17) is 35.3 Å². The standard InChI is InChI=1S/C44H49ClO10/c1-18(2)9-11-22-20(4)35-27(16-26(22)47)51-37-30(40(50)52-35)21(5)33(45)38-32(37)39-34(49)23-15-25(46)24-17-44(55-36(24)31(23)41(53-38)54-39)19(3)10-12-28-42(6,7)29(48)13-14-43(28,44)8/h9,15-16,19,28-29,34,39,41,46-49H,10-14,17H2,1-8H3/t19-,28+,29-,34+,39-,41-,43+,44-/m1/s1. The van der Waals surface area contributed by atoms with Gasteiger partial charge in [0.2, 0.25) is 6.29 Å². The molecule has 0 aromatic heterocycles. The maximum Gasteiger partial charge on any atom is 0.347 e. The summed E-state index contributed by atoms with van der Waals surface area (Å²) in [6.07, 6.45) is 2.20. The average molecular weight is 773 g/mol. The van der Waals surface area contributed by atoms with Crippen LogP contribution >= 0.6 is 11.6 Å². The Morgan fingerprint density at radius 3 is 2.42 bits per heavy atom. The molecule has 4 heterocycles. The first-order valence-corrected chi connectivity index (χ1v) is 19.8. The van der Waals surface area contributed by atoms with E-state index in [2.05, 4.69) is 27.7 Å². The van der Waals surface area contributed by atoms with E-state index in [0.29, 0.717) is 58.4 Å². The monoisotopic (exact) mass is 772 g/mol. The minimum Gasteiger partial charge on any atom is -0.508 e. The van der Waals surface area contributed by atoms with Crippen LogP contribution < -0.4 is 18.9 Å². The Morgan fingerprint density at radius 2 is 1.69 bits per heavy atom. The number of hydrogen-bond acceptors (Lipinski definition) is 10. The van der Waals surface area contributed by atoms with E-state index in [9.17, 15) is 25.2 Å². The number of aromatic hydroxyl groups is 2. The van der Waals surface area contributed by atoms with E-state index in [-0.39, 0.29) is 73.3 Å². The Bertz CT molecular complexity index is 2240. The van der Waals surface area contributed by atoms with Crippen LogP contribution in [0.25, 0.3) is 0 Å². The van der Waals surface area contributed by atoms with Crippen LogP contribution in [0, 0.1) is 36.5 Å². The Morgan fingerprint density at radius 1 is 0.945 bits per heavy atom. The van der Waals surface area contributed by atoms with Crippen LogP contribution in [0.4, 0.5) is 0 Å². The zero-order chi connectivity index (χ0) is 39.3. The summed E-state index contributed by atoms with van der Waals surface area (Å²) in [7, 11) is 0. The highest BCUT2D eigenvalue weighted by Gasteiger charge is 2.67. The lowest BCUT2D eigenvalue weighted by molar-refractivity contribution is -0.213. The van der Waals surface area contributed by atoms with Gasteiger partial charge in [0.15, 0.2) is 23.0 Å². The second kappa shape index (κ2) is 12.0. The molecule has 11 heteroatoms. The van der Waals surface area contributed by atoms with Crippen LogP contribution in [0.3, 0.4) is 0 Å². The third-order valence-corrected chi connectivity index (χ3v) is 14.9. The van der Waals surface area contributed by atoms with Crippen molar-refractivity contribution in [2.45, 2.75) is 124 Å². The number of halogens is 1. The van der Waals surface area contributed by atoms with E-state index < -0.39 is 36.2 Å². The van der Waals surface area contributed by atoms with Crippen LogP contribution in [-0.4, -0.2) is 38.1 Å². The van der Waals surface area contributed by atoms with Gasteiger partial charge in [-0.15, -0.1) is 0 Å². The minimum atomic E-state index is -1.35. The molecule has 10 nitrogen and oxygen atoms in total. The number of esters is 1. The van der Waals surface area contributed by atoms with Crippen molar-refractivity contribution in [3.05, 3.63) is 73.3 Å². The summed E-state index contributed by atoms with van der Waals surface area (Å²) in [4.78, 5) is 14.0. The molecule has 6 aliphatic rings. The van der Waals surface area contributed by atoms with E-state index in [0.717, 1.165) is 24.8 Å². The van der Waals surface area contributed by atoms with E-state index in [1.165, 1.54) is 6.07 Å².